The maximum absolute atomic E-state index is 6.21. The summed E-state index contributed by atoms with van der Waals surface area (Å²) in [6, 6.07) is 9.20. The number of pyridine rings is 1. The van der Waals surface area contributed by atoms with Gasteiger partial charge >= 0.3 is 0 Å². The van der Waals surface area contributed by atoms with E-state index in [9.17, 15) is 0 Å². The molecule has 3 heterocycles. The highest BCUT2D eigenvalue weighted by molar-refractivity contribution is 7.25. The number of aromatic nitrogens is 3. The van der Waals surface area contributed by atoms with Gasteiger partial charge in [0.25, 0.3) is 0 Å². The summed E-state index contributed by atoms with van der Waals surface area (Å²) >= 11 is 13.7. The Bertz CT molecular complexity index is 999. The molecule has 0 unspecified atom stereocenters. The molecular formula is C15H8Cl2N4S. The van der Waals surface area contributed by atoms with Crippen molar-refractivity contribution in [2.24, 2.45) is 0 Å². The van der Waals surface area contributed by atoms with Gasteiger partial charge in [-0.3, -0.25) is 0 Å². The van der Waals surface area contributed by atoms with Crippen LogP contribution >= 0.6 is 34.5 Å². The van der Waals surface area contributed by atoms with Crippen molar-refractivity contribution in [3.05, 3.63) is 52.9 Å². The molecule has 7 heteroatoms. The Morgan fingerprint density at radius 2 is 1.95 bits per heavy atom. The molecule has 0 aliphatic heterocycles. The molecular weight excluding hydrogens is 339 g/mol. The van der Waals surface area contributed by atoms with E-state index in [4.69, 9.17) is 23.2 Å². The lowest BCUT2D eigenvalue weighted by molar-refractivity contribution is 1.23. The van der Waals surface area contributed by atoms with Crippen LogP contribution in [-0.4, -0.2) is 15.0 Å². The van der Waals surface area contributed by atoms with Gasteiger partial charge in [-0.15, -0.1) is 11.3 Å². The lowest BCUT2D eigenvalue weighted by Crippen LogP contribution is -1.95. The molecule has 1 N–H and O–H groups in total. The minimum atomic E-state index is 0.540. The van der Waals surface area contributed by atoms with E-state index in [-0.39, 0.29) is 0 Å². The van der Waals surface area contributed by atoms with E-state index in [1.807, 2.05) is 18.2 Å². The first-order chi connectivity index (χ1) is 10.7. The molecule has 0 saturated carbocycles. The Balaban J connectivity index is 1.88. The molecule has 0 bridgehead atoms. The lowest BCUT2D eigenvalue weighted by atomic mass is 10.3. The summed E-state index contributed by atoms with van der Waals surface area (Å²) in [5.41, 5.74) is 1.63. The second-order valence-corrected chi connectivity index (χ2v) is 6.45. The van der Waals surface area contributed by atoms with Crippen LogP contribution in [0.25, 0.3) is 20.4 Å². The molecule has 0 saturated heterocycles. The largest absolute Gasteiger partial charge is 0.338 e. The zero-order valence-electron chi connectivity index (χ0n) is 11.0. The van der Waals surface area contributed by atoms with Crippen LogP contribution in [0.5, 0.6) is 0 Å². The highest BCUT2D eigenvalue weighted by Gasteiger charge is 2.12. The van der Waals surface area contributed by atoms with Gasteiger partial charge in [-0.25, -0.2) is 15.0 Å². The first-order valence-electron chi connectivity index (χ1n) is 6.43. The van der Waals surface area contributed by atoms with E-state index < -0.39 is 0 Å². The Morgan fingerprint density at radius 3 is 2.82 bits per heavy atom. The van der Waals surface area contributed by atoms with E-state index in [0.717, 1.165) is 26.1 Å². The van der Waals surface area contributed by atoms with Gasteiger partial charge in [-0.1, -0.05) is 23.2 Å². The third-order valence-electron chi connectivity index (χ3n) is 3.21. The number of rotatable bonds is 2. The molecule has 0 radical (unpaired) electrons. The minimum Gasteiger partial charge on any atom is -0.338 e. The van der Waals surface area contributed by atoms with Crippen LogP contribution in [0.4, 0.5) is 11.5 Å². The van der Waals surface area contributed by atoms with Gasteiger partial charge in [0.05, 0.1) is 20.9 Å². The van der Waals surface area contributed by atoms with Gasteiger partial charge in [0.1, 0.15) is 11.2 Å². The quantitative estimate of drug-likeness (QED) is 0.535. The molecule has 0 amide bonds. The van der Waals surface area contributed by atoms with Crippen molar-refractivity contribution in [1.82, 2.24) is 15.0 Å². The molecule has 0 spiro atoms. The third-order valence-corrected chi connectivity index (χ3v) is 4.87. The third kappa shape index (κ3) is 2.27. The van der Waals surface area contributed by atoms with E-state index >= 15 is 0 Å². The number of fused-ring (bicyclic) bond motifs is 3. The van der Waals surface area contributed by atoms with Crippen LogP contribution in [0.1, 0.15) is 0 Å². The molecule has 0 aliphatic carbocycles. The monoisotopic (exact) mass is 346 g/mol. The predicted octanol–water partition coefficient (Wildman–Crippen LogP) is 5.29. The van der Waals surface area contributed by atoms with Crippen LogP contribution in [0, 0.1) is 0 Å². The van der Waals surface area contributed by atoms with Gasteiger partial charge < -0.3 is 5.32 Å². The van der Waals surface area contributed by atoms with E-state index in [0.29, 0.717) is 15.9 Å². The van der Waals surface area contributed by atoms with E-state index in [1.165, 1.54) is 6.33 Å². The van der Waals surface area contributed by atoms with Crippen molar-refractivity contribution in [1.29, 1.82) is 0 Å². The van der Waals surface area contributed by atoms with Gasteiger partial charge in [0, 0.05) is 16.6 Å². The molecule has 4 nitrogen and oxygen atoms in total. The second kappa shape index (κ2) is 5.35. The molecule has 3 aromatic heterocycles. The van der Waals surface area contributed by atoms with Crippen LogP contribution in [-0.2, 0) is 0 Å². The zero-order valence-corrected chi connectivity index (χ0v) is 13.4. The summed E-state index contributed by atoms with van der Waals surface area (Å²) in [4.78, 5) is 14.0. The molecule has 1 aromatic carbocycles. The summed E-state index contributed by atoms with van der Waals surface area (Å²) in [5.74, 6) is 0.706. The molecule has 0 atom stereocenters. The average Bonchev–Trinajstić information content (AvgIpc) is 2.90. The SMILES string of the molecule is Clc1ccc(Nc2ncnc3c2sc2ncccc23)c(Cl)c1. The second-order valence-electron chi connectivity index (χ2n) is 4.61. The van der Waals surface area contributed by atoms with Gasteiger partial charge in [0.2, 0.25) is 0 Å². The Kier molecular flexibility index (Phi) is 3.33. The summed E-state index contributed by atoms with van der Waals surface area (Å²) < 4.78 is 0.946. The molecule has 108 valence electrons. The van der Waals surface area contributed by atoms with Crippen molar-refractivity contribution in [2.75, 3.05) is 5.32 Å². The fourth-order valence-electron chi connectivity index (χ4n) is 2.22. The molecule has 0 aliphatic rings. The fraction of sp³-hybridized carbons (Fsp3) is 0. The van der Waals surface area contributed by atoms with Gasteiger partial charge in [0.15, 0.2) is 5.82 Å². The standard InChI is InChI=1S/C15H8Cl2N4S/c16-8-3-4-11(10(17)6-8)21-14-13-12(19-7-20-14)9-2-1-5-18-15(9)22-13/h1-7H,(H,19,20,21). The number of anilines is 2. The highest BCUT2D eigenvalue weighted by atomic mass is 35.5. The van der Waals surface area contributed by atoms with Gasteiger partial charge in [-0.2, -0.15) is 0 Å². The molecule has 0 fully saturated rings. The Labute approximate surface area is 139 Å². The maximum atomic E-state index is 6.21. The summed E-state index contributed by atoms with van der Waals surface area (Å²) in [7, 11) is 0. The number of thiophene rings is 1. The normalized spacial score (nSPS) is 11.2. The van der Waals surface area contributed by atoms with Crippen LogP contribution in [0.15, 0.2) is 42.9 Å². The average molecular weight is 347 g/mol. The molecule has 4 aromatic rings. The summed E-state index contributed by atoms with van der Waals surface area (Å²) in [6.07, 6.45) is 3.31. The summed E-state index contributed by atoms with van der Waals surface area (Å²) in [5, 5.41) is 5.40. The van der Waals surface area contributed by atoms with Crippen LogP contribution in [0.2, 0.25) is 10.0 Å². The smallest absolute Gasteiger partial charge is 0.151 e. The number of nitrogens with one attached hydrogen (secondary N) is 1. The van der Waals surface area contributed by atoms with Crippen LogP contribution in [0.3, 0.4) is 0 Å². The van der Waals surface area contributed by atoms with Crippen molar-refractivity contribution >= 4 is 66.5 Å². The van der Waals surface area contributed by atoms with Crippen molar-refractivity contribution in [3.8, 4) is 0 Å². The van der Waals surface area contributed by atoms with Crippen LogP contribution < -0.4 is 5.32 Å². The van der Waals surface area contributed by atoms with Crippen molar-refractivity contribution < 1.29 is 0 Å². The van der Waals surface area contributed by atoms with Crippen molar-refractivity contribution in [3.63, 3.8) is 0 Å². The van der Waals surface area contributed by atoms with Gasteiger partial charge in [-0.05, 0) is 30.3 Å². The fourth-order valence-corrected chi connectivity index (χ4v) is 3.72. The molecule has 22 heavy (non-hydrogen) atoms. The van der Waals surface area contributed by atoms with E-state index in [1.54, 1.807) is 29.7 Å². The number of hydrogen-bond acceptors (Lipinski definition) is 5. The Hall–Kier alpha value is -1.95. The summed E-state index contributed by atoms with van der Waals surface area (Å²) in [6.45, 7) is 0. The van der Waals surface area contributed by atoms with Crippen molar-refractivity contribution in [2.45, 2.75) is 0 Å². The Morgan fingerprint density at radius 1 is 1.05 bits per heavy atom. The van der Waals surface area contributed by atoms with E-state index in [2.05, 4.69) is 20.3 Å². The number of halogens is 2. The highest BCUT2D eigenvalue weighted by Crippen LogP contribution is 2.36. The first-order valence-corrected chi connectivity index (χ1v) is 8.00. The zero-order chi connectivity index (χ0) is 15.1. The molecule has 4 rings (SSSR count). The number of benzene rings is 1. The first kappa shape index (κ1) is 13.7. The lowest BCUT2D eigenvalue weighted by Gasteiger charge is -2.08. The number of hydrogen-bond donors (Lipinski definition) is 1. The predicted molar refractivity (Wildman–Crippen MR) is 92.5 cm³/mol. The number of nitrogens with zero attached hydrogens (tertiary/aromatic N) is 3. The topological polar surface area (TPSA) is 50.7 Å². The minimum absolute atomic E-state index is 0.540. The maximum Gasteiger partial charge on any atom is 0.151 e.